The average Bonchev–Trinajstić information content (AvgIpc) is 2.78. The summed E-state index contributed by atoms with van der Waals surface area (Å²) >= 11 is 0. The minimum atomic E-state index is -0.387. The second kappa shape index (κ2) is 4.67. The number of nitrogens with two attached hydrogens (primary N) is 1. The fourth-order valence-corrected chi connectivity index (χ4v) is 2.18. The lowest BCUT2D eigenvalue weighted by Crippen LogP contribution is -2.30. The molecular weight excluding hydrogens is 220 g/mol. The van der Waals surface area contributed by atoms with Crippen LogP contribution in [-0.4, -0.2) is 29.0 Å². The largest absolute Gasteiger partial charge is 0.351 e. The van der Waals surface area contributed by atoms with E-state index >= 15 is 0 Å². The molecule has 1 aliphatic heterocycles. The Bertz CT molecular complexity index is 422. The maximum Gasteiger partial charge on any atom is 0.311 e. The molecule has 2 rings (SSSR count). The predicted octanol–water partition coefficient (Wildman–Crippen LogP) is 1.16. The molecule has 2 heterocycles. The van der Waals surface area contributed by atoms with E-state index in [0.29, 0.717) is 11.7 Å². The summed E-state index contributed by atoms with van der Waals surface area (Å²) in [6.07, 6.45) is 2.55. The van der Waals surface area contributed by atoms with Gasteiger partial charge in [0.25, 0.3) is 0 Å². The topological polar surface area (TPSA) is 85.3 Å². The van der Waals surface area contributed by atoms with Crippen LogP contribution >= 0.6 is 0 Å². The van der Waals surface area contributed by atoms with Gasteiger partial charge in [0.2, 0.25) is 5.82 Å². The Balaban J connectivity index is 2.21. The van der Waals surface area contributed by atoms with Crippen molar-refractivity contribution < 1.29 is 4.92 Å². The number of rotatable bonds is 3. The zero-order chi connectivity index (χ0) is 12.4. The second-order valence-corrected chi connectivity index (χ2v) is 4.46. The summed E-state index contributed by atoms with van der Waals surface area (Å²) in [5.74, 6) is 0.845. The van der Waals surface area contributed by atoms with Gasteiger partial charge in [0.1, 0.15) is 0 Å². The van der Waals surface area contributed by atoms with E-state index in [1.807, 2.05) is 11.8 Å². The molecule has 92 valence electrons. The molecule has 1 aliphatic rings. The first-order valence-electron chi connectivity index (χ1n) is 5.69. The zero-order valence-electron chi connectivity index (χ0n) is 9.74. The van der Waals surface area contributed by atoms with Crippen molar-refractivity contribution in [2.24, 2.45) is 11.7 Å². The van der Waals surface area contributed by atoms with Gasteiger partial charge in [-0.15, -0.1) is 0 Å². The van der Waals surface area contributed by atoms with Crippen LogP contribution in [0.15, 0.2) is 18.3 Å². The Hall–Kier alpha value is -1.69. The summed E-state index contributed by atoms with van der Waals surface area (Å²) in [6, 6.07) is 3.19. The van der Waals surface area contributed by atoms with Crippen molar-refractivity contribution in [3.8, 4) is 0 Å². The lowest BCUT2D eigenvalue weighted by atomic mass is 10.0. The molecule has 1 aromatic heterocycles. The van der Waals surface area contributed by atoms with Crippen LogP contribution in [0.1, 0.15) is 13.3 Å². The van der Waals surface area contributed by atoms with Gasteiger partial charge in [-0.3, -0.25) is 10.1 Å². The third-order valence-corrected chi connectivity index (χ3v) is 3.23. The molecule has 1 saturated heterocycles. The number of nitrogens with zero attached hydrogens (tertiary/aromatic N) is 3. The molecule has 0 amide bonds. The molecule has 2 unspecified atom stereocenters. The molecule has 2 N–H and O–H groups in total. The zero-order valence-corrected chi connectivity index (χ0v) is 9.74. The Morgan fingerprint density at radius 1 is 1.71 bits per heavy atom. The van der Waals surface area contributed by atoms with Gasteiger partial charge in [-0.05, 0) is 25.3 Å². The van der Waals surface area contributed by atoms with Crippen molar-refractivity contribution in [3.63, 3.8) is 0 Å². The molecule has 0 aliphatic carbocycles. The fraction of sp³-hybridized carbons (Fsp3) is 0.545. The Morgan fingerprint density at radius 2 is 2.47 bits per heavy atom. The summed E-state index contributed by atoms with van der Waals surface area (Å²) in [5.41, 5.74) is 5.92. The summed E-state index contributed by atoms with van der Waals surface area (Å²) in [4.78, 5) is 16.6. The minimum absolute atomic E-state index is 0.0674. The van der Waals surface area contributed by atoms with Crippen LogP contribution in [0.3, 0.4) is 0 Å². The molecule has 0 aromatic carbocycles. The molecule has 1 fully saturated rings. The van der Waals surface area contributed by atoms with E-state index in [2.05, 4.69) is 4.98 Å². The standard InChI is InChI=1S/C11H16N4O2/c1-8(12)9-4-6-14(7-9)11-10(15(16)17)3-2-5-13-11/h2-3,5,8-9H,4,6-7,12H2,1H3. The number of aromatic nitrogens is 1. The van der Waals surface area contributed by atoms with E-state index in [1.54, 1.807) is 12.3 Å². The van der Waals surface area contributed by atoms with Crippen LogP contribution in [0.25, 0.3) is 0 Å². The first-order valence-corrected chi connectivity index (χ1v) is 5.69. The second-order valence-electron chi connectivity index (χ2n) is 4.46. The summed E-state index contributed by atoms with van der Waals surface area (Å²) in [6.45, 7) is 3.50. The maximum atomic E-state index is 10.9. The van der Waals surface area contributed by atoms with Crippen molar-refractivity contribution in [1.82, 2.24) is 4.98 Å². The summed E-state index contributed by atoms with van der Waals surface area (Å²) < 4.78 is 0. The van der Waals surface area contributed by atoms with Crippen molar-refractivity contribution in [2.75, 3.05) is 18.0 Å². The van der Waals surface area contributed by atoms with E-state index in [1.165, 1.54) is 6.07 Å². The van der Waals surface area contributed by atoms with Crippen molar-refractivity contribution >= 4 is 11.5 Å². The molecule has 6 heteroatoms. The van der Waals surface area contributed by atoms with Gasteiger partial charge in [-0.25, -0.2) is 4.98 Å². The van der Waals surface area contributed by atoms with Crippen LogP contribution < -0.4 is 10.6 Å². The summed E-state index contributed by atoms with van der Waals surface area (Å²) in [7, 11) is 0. The predicted molar refractivity (Wildman–Crippen MR) is 64.9 cm³/mol. The molecule has 17 heavy (non-hydrogen) atoms. The molecule has 2 atom stereocenters. The first-order chi connectivity index (χ1) is 8.09. The quantitative estimate of drug-likeness (QED) is 0.628. The molecule has 0 bridgehead atoms. The highest BCUT2D eigenvalue weighted by atomic mass is 16.6. The van der Waals surface area contributed by atoms with E-state index in [-0.39, 0.29) is 16.7 Å². The molecule has 0 radical (unpaired) electrons. The van der Waals surface area contributed by atoms with E-state index < -0.39 is 0 Å². The van der Waals surface area contributed by atoms with Gasteiger partial charge in [0.15, 0.2) is 0 Å². The van der Waals surface area contributed by atoms with Gasteiger partial charge >= 0.3 is 5.69 Å². The smallest absolute Gasteiger partial charge is 0.311 e. The first kappa shape index (κ1) is 11.8. The van der Waals surface area contributed by atoms with E-state index in [0.717, 1.165) is 19.5 Å². The Labute approximate surface area is 99.6 Å². The van der Waals surface area contributed by atoms with Crippen molar-refractivity contribution in [3.05, 3.63) is 28.4 Å². The van der Waals surface area contributed by atoms with Crippen LogP contribution in [0.4, 0.5) is 11.5 Å². The fourth-order valence-electron chi connectivity index (χ4n) is 2.18. The van der Waals surface area contributed by atoms with Gasteiger partial charge in [-0.2, -0.15) is 0 Å². The Kier molecular flexibility index (Phi) is 3.23. The number of nitro groups is 1. The van der Waals surface area contributed by atoms with Gasteiger partial charge < -0.3 is 10.6 Å². The van der Waals surface area contributed by atoms with Crippen molar-refractivity contribution in [2.45, 2.75) is 19.4 Å². The molecule has 0 saturated carbocycles. The van der Waals surface area contributed by atoms with Gasteiger partial charge in [0.05, 0.1) is 4.92 Å². The lowest BCUT2D eigenvalue weighted by molar-refractivity contribution is -0.384. The highest BCUT2D eigenvalue weighted by molar-refractivity contribution is 5.57. The van der Waals surface area contributed by atoms with Crippen LogP contribution in [0.2, 0.25) is 0 Å². The number of hydrogen-bond donors (Lipinski definition) is 1. The Morgan fingerprint density at radius 3 is 3.06 bits per heavy atom. The van der Waals surface area contributed by atoms with Crippen LogP contribution in [-0.2, 0) is 0 Å². The van der Waals surface area contributed by atoms with E-state index in [4.69, 9.17) is 5.73 Å². The number of hydrogen-bond acceptors (Lipinski definition) is 5. The lowest BCUT2D eigenvalue weighted by Gasteiger charge is -2.18. The van der Waals surface area contributed by atoms with Crippen molar-refractivity contribution in [1.29, 1.82) is 0 Å². The van der Waals surface area contributed by atoms with Gasteiger partial charge in [0, 0.05) is 31.4 Å². The normalized spacial score (nSPS) is 21.5. The number of pyridine rings is 1. The third-order valence-electron chi connectivity index (χ3n) is 3.23. The maximum absolute atomic E-state index is 10.9. The monoisotopic (exact) mass is 236 g/mol. The summed E-state index contributed by atoms with van der Waals surface area (Å²) in [5, 5.41) is 10.9. The molecular formula is C11H16N4O2. The van der Waals surface area contributed by atoms with Crippen LogP contribution in [0.5, 0.6) is 0 Å². The number of anilines is 1. The highest BCUT2D eigenvalue weighted by Gasteiger charge is 2.29. The van der Waals surface area contributed by atoms with Gasteiger partial charge in [-0.1, -0.05) is 0 Å². The SMILES string of the molecule is CC(N)C1CCN(c2ncccc2[N+](=O)[O-])C1. The highest BCUT2D eigenvalue weighted by Crippen LogP contribution is 2.30. The average molecular weight is 236 g/mol. The molecule has 0 spiro atoms. The van der Waals surface area contributed by atoms with E-state index in [9.17, 15) is 10.1 Å². The third kappa shape index (κ3) is 2.36. The molecule has 6 nitrogen and oxygen atoms in total. The van der Waals surface area contributed by atoms with Crippen LogP contribution in [0, 0.1) is 16.0 Å². The minimum Gasteiger partial charge on any atom is -0.351 e. The molecule has 1 aromatic rings.